The number of morpholine rings is 1. The molecule has 2 heterocycles. The standard InChI is InChI=1S/C19H26N2O2S/c22-18(21-1-3-23-4-2-21)8-17-20-16(12-24-17)19-9-13-5-14(10-19)7-15(6-13)11-19/h12-15H,1-11H2. The summed E-state index contributed by atoms with van der Waals surface area (Å²) in [7, 11) is 0. The Labute approximate surface area is 147 Å². The van der Waals surface area contributed by atoms with E-state index in [1.54, 1.807) is 11.3 Å². The summed E-state index contributed by atoms with van der Waals surface area (Å²) in [6.45, 7) is 2.79. The van der Waals surface area contributed by atoms with Crippen LogP contribution in [0.4, 0.5) is 0 Å². The second-order valence-electron chi connectivity index (χ2n) is 8.49. The van der Waals surface area contributed by atoms with Crippen molar-refractivity contribution in [2.75, 3.05) is 26.3 Å². The van der Waals surface area contributed by atoms with Gasteiger partial charge >= 0.3 is 0 Å². The smallest absolute Gasteiger partial charge is 0.229 e. The molecule has 1 aromatic rings. The van der Waals surface area contributed by atoms with Crippen molar-refractivity contribution >= 4 is 17.2 Å². The van der Waals surface area contributed by atoms with Crippen LogP contribution in [0.2, 0.25) is 0 Å². The zero-order chi connectivity index (χ0) is 16.1. The van der Waals surface area contributed by atoms with Gasteiger partial charge in [0, 0.05) is 23.9 Å². The van der Waals surface area contributed by atoms with Crippen LogP contribution in [0.3, 0.4) is 0 Å². The summed E-state index contributed by atoms with van der Waals surface area (Å²) < 4.78 is 5.34. The molecule has 4 bridgehead atoms. The zero-order valence-corrected chi connectivity index (χ0v) is 15.0. The average molecular weight is 346 g/mol. The summed E-state index contributed by atoms with van der Waals surface area (Å²) in [6, 6.07) is 0. The van der Waals surface area contributed by atoms with Gasteiger partial charge in [-0.2, -0.15) is 0 Å². The molecule has 1 saturated heterocycles. The fraction of sp³-hybridized carbons (Fsp3) is 0.789. The number of hydrogen-bond donors (Lipinski definition) is 0. The van der Waals surface area contributed by atoms with Gasteiger partial charge in [0.15, 0.2) is 0 Å². The number of rotatable bonds is 3. The summed E-state index contributed by atoms with van der Waals surface area (Å²) in [6.07, 6.45) is 8.90. The Morgan fingerprint density at radius 2 is 1.79 bits per heavy atom. The molecule has 24 heavy (non-hydrogen) atoms. The molecular formula is C19H26N2O2S. The molecule has 1 aromatic heterocycles. The summed E-state index contributed by atoms with van der Waals surface area (Å²) >= 11 is 1.70. The van der Waals surface area contributed by atoms with Crippen molar-refractivity contribution in [1.82, 2.24) is 9.88 Å². The lowest BCUT2D eigenvalue weighted by Crippen LogP contribution is -2.48. The van der Waals surface area contributed by atoms with Crippen LogP contribution >= 0.6 is 11.3 Å². The molecule has 4 aliphatic carbocycles. The van der Waals surface area contributed by atoms with Crippen molar-refractivity contribution < 1.29 is 9.53 Å². The SMILES string of the molecule is O=C(Cc1nc(C23CC4CC(CC(C4)C2)C3)cs1)N1CCOCC1. The van der Waals surface area contributed by atoms with Crippen molar-refractivity contribution in [2.24, 2.45) is 17.8 Å². The van der Waals surface area contributed by atoms with Crippen LogP contribution in [0.15, 0.2) is 5.38 Å². The number of carbonyl (C=O) groups is 1. The van der Waals surface area contributed by atoms with E-state index >= 15 is 0 Å². The van der Waals surface area contributed by atoms with Crippen LogP contribution in [0.25, 0.3) is 0 Å². The van der Waals surface area contributed by atoms with Crippen LogP contribution in [0, 0.1) is 17.8 Å². The number of hydrogen-bond acceptors (Lipinski definition) is 4. The van der Waals surface area contributed by atoms with Crippen LogP contribution < -0.4 is 0 Å². The largest absolute Gasteiger partial charge is 0.378 e. The van der Waals surface area contributed by atoms with Gasteiger partial charge in [0.1, 0.15) is 5.01 Å². The van der Waals surface area contributed by atoms with Crippen LogP contribution in [0.5, 0.6) is 0 Å². The molecule has 1 aliphatic heterocycles. The minimum absolute atomic E-state index is 0.213. The van der Waals surface area contributed by atoms with E-state index < -0.39 is 0 Å². The van der Waals surface area contributed by atoms with Crippen molar-refractivity contribution in [2.45, 2.75) is 50.4 Å². The van der Waals surface area contributed by atoms with Crippen molar-refractivity contribution in [3.05, 3.63) is 16.1 Å². The zero-order valence-electron chi connectivity index (χ0n) is 14.2. The Hall–Kier alpha value is -0.940. The van der Waals surface area contributed by atoms with E-state index in [2.05, 4.69) is 5.38 Å². The molecule has 6 rings (SSSR count). The first-order valence-electron chi connectivity index (χ1n) is 9.51. The Morgan fingerprint density at radius 3 is 2.42 bits per heavy atom. The number of nitrogens with zero attached hydrogens (tertiary/aromatic N) is 2. The van der Waals surface area contributed by atoms with Crippen LogP contribution in [-0.4, -0.2) is 42.1 Å². The van der Waals surface area contributed by atoms with E-state index in [0.717, 1.165) is 35.9 Å². The highest BCUT2D eigenvalue weighted by atomic mass is 32.1. The maximum Gasteiger partial charge on any atom is 0.229 e. The molecule has 130 valence electrons. The average Bonchev–Trinajstić information content (AvgIpc) is 3.04. The number of aromatic nitrogens is 1. The summed E-state index contributed by atoms with van der Waals surface area (Å²) in [5.74, 6) is 3.04. The quantitative estimate of drug-likeness (QED) is 0.845. The minimum Gasteiger partial charge on any atom is -0.378 e. The molecule has 5 heteroatoms. The van der Waals surface area contributed by atoms with Gasteiger partial charge in [0.25, 0.3) is 0 Å². The van der Waals surface area contributed by atoms with Gasteiger partial charge in [-0.25, -0.2) is 4.98 Å². The molecule has 5 aliphatic rings. The lowest BCUT2D eigenvalue weighted by Gasteiger charge is -2.56. The molecule has 0 spiro atoms. The van der Waals surface area contributed by atoms with Gasteiger partial charge in [-0.3, -0.25) is 4.79 Å². The molecule has 4 nitrogen and oxygen atoms in total. The van der Waals surface area contributed by atoms with E-state index in [1.165, 1.54) is 44.2 Å². The monoisotopic (exact) mass is 346 g/mol. The Kier molecular flexibility index (Phi) is 3.71. The van der Waals surface area contributed by atoms with Gasteiger partial charge in [-0.15, -0.1) is 11.3 Å². The van der Waals surface area contributed by atoms with Gasteiger partial charge in [0.05, 0.1) is 25.3 Å². The highest BCUT2D eigenvalue weighted by Crippen LogP contribution is 2.60. The Morgan fingerprint density at radius 1 is 1.17 bits per heavy atom. The molecule has 0 N–H and O–H groups in total. The van der Waals surface area contributed by atoms with E-state index in [-0.39, 0.29) is 5.91 Å². The van der Waals surface area contributed by atoms with Crippen LogP contribution in [0.1, 0.15) is 49.2 Å². The van der Waals surface area contributed by atoms with E-state index in [4.69, 9.17) is 9.72 Å². The third kappa shape index (κ3) is 2.60. The second-order valence-corrected chi connectivity index (χ2v) is 9.44. The normalized spacial score (nSPS) is 37.8. The first-order valence-corrected chi connectivity index (χ1v) is 10.4. The number of amides is 1. The third-order valence-electron chi connectivity index (χ3n) is 6.80. The molecular weight excluding hydrogens is 320 g/mol. The number of ether oxygens (including phenoxy) is 1. The Balaban J connectivity index is 1.31. The maximum atomic E-state index is 12.5. The molecule has 0 aromatic carbocycles. The molecule has 5 fully saturated rings. The van der Waals surface area contributed by atoms with E-state index in [0.29, 0.717) is 25.0 Å². The summed E-state index contributed by atoms with van der Waals surface area (Å²) in [4.78, 5) is 19.4. The first-order chi connectivity index (χ1) is 11.7. The third-order valence-corrected chi connectivity index (χ3v) is 7.65. The lowest BCUT2D eigenvalue weighted by molar-refractivity contribution is -0.134. The minimum atomic E-state index is 0.213. The van der Waals surface area contributed by atoms with Gasteiger partial charge < -0.3 is 9.64 Å². The summed E-state index contributed by atoms with van der Waals surface area (Å²) in [5, 5.41) is 3.28. The van der Waals surface area contributed by atoms with Gasteiger partial charge in [0.2, 0.25) is 5.91 Å². The molecule has 1 amide bonds. The highest BCUT2D eigenvalue weighted by Gasteiger charge is 2.52. The number of carbonyl (C=O) groups excluding carboxylic acids is 1. The topological polar surface area (TPSA) is 42.4 Å². The molecule has 0 atom stereocenters. The predicted octanol–water partition coefficient (Wildman–Crippen LogP) is 3.01. The predicted molar refractivity (Wildman–Crippen MR) is 93.1 cm³/mol. The van der Waals surface area contributed by atoms with Crippen molar-refractivity contribution in [1.29, 1.82) is 0 Å². The Bertz CT molecular complexity index is 600. The van der Waals surface area contributed by atoms with Gasteiger partial charge in [-0.05, 0) is 56.3 Å². The van der Waals surface area contributed by atoms with Crippen molar-refractivity contribution in [3.8, 4) is 0 Å². The van der Waals surface area contributed by atoms with Gasteiger partial charge in [-0.1, -0.05) is 0 Å². The molecule has 4 saturated carbocycles. The molecule has 0 radical (unpaired) electrons. The van der Waals surface area contributed by atoms with Crippen LogP contribution in [-0.2, 0) is 21.4 Å². The summed E-state index contributed by atoms with van der Waals surface area (Å²) in [5.41, 5.74) is 1.67. The maximum absolute atomic E-state index is 12.5. The highest BCUT2D eigenvalue weighted by molar-refractivity contribution is 7.09. The molecule has 0 unspecified atom stereocenters. The lowest BCUT2D eigenvalue weighted by atomic mass is 9.49. The fourth-order valence-corrected chi connectivity index (χ4v) is 7.02. The van der Waals surface area contributed by atoms with Crippen molar-refractivity contribution in [3.63, 3.8) is 0 Å². The first kappa shape index (κ1) is 15.3. The number of thiazole rings is 1. The van der Waals surface area contributed by atoms with E-state index in [1.807, 2.05) is 4.90 Å². The van der Waals surface area contributed by atoms with E-state index in [9.17, 15) is 4.79 Å². The second kappa shape index (κ2) is 5.80. The fourth-order valence-electron chi connectivity index (χ4n) is 6.11.